The number of benzene rings is 1. The number of piperidine rings is 1. The zero-order valence-corrected chi connectivity index (χ0v) is 14.9. The first-order valence-electron chi connectivity index (χ1n) is 8.27. The van der Waals surface area contributed by atoms with Crippen LogP contribution in [-0.2, 0) is 9.53 Å². The molecule has 0 spiro atoms. The standard InChI is InChI=1S/C18H21ClN4O2/c1-25-11-16(24)23-8-3-2-7-15(23)17-14(10-21-18(20)22-17)12-5-4-6-13(19)9-12/h4-6,9-10,15H,2-3,7-8,11H2,1H3,(H2,20,21,22)/t15-/m0/s1. The number of aromatic nitrogens is 2. The van der Waals surface area contributed by atoms with Gasteiger partial charge in [0.1, 0.15) is 6.61 Å². The maximum absolute atomic E-state index is 12.5. The molecule has 25 heavy (non-hydrogen) atoms. The minimum Gasteiger partial charge on any atom is -0.375 e. The zero-order chi connectivity index (χ0) is 17.8. The molecule has 1 aromatic carbocycles. The second-order valence-corrected chi connectivity index (χ2v) is 6.51. The number of ether oxygens (including phenoxy) is 1. The Morgan fingerprint density at radius 1 is 1.44 bits per heavy atom. The van der Waals surface area contributed by atoms with Crippen molar-refractivity contribution in [3.05, 3.63) is 41.2 Å². The summed E-state index contributed by atoms with van der Waals surface area (Å²) in [6.45, 7) is 0.745. The van der Waals surface area contributed by atoms with Gasteiger partial charge in [0.25, 0.3) is 0 Å². The number of likely N-dealkylation sites (tertiary alicyclic amines) is 1. The predicted octanol–water partition coefficient (Wildman–Crippen LogP) is 3.08. The van der Waals surface area contributed by atoms with Crippen molar-refractivity contribution in [2.75, 3.05) is 26.0 Å². The van der Waals surface area contributed by atoms with Crippen molar-refractivity contribution < 1.29 is 9.53 Å². The first-order chi connectivity index (χ1) is 12.1. The van der Waals surface area contributed by atoms with Gasteiger partial charge in [-0.15, -0.1) is 0 Å². The van der Waals surface area contributed by atoms with E-state index in [1.54, 1.807) is 6.20 Å². The van der Waals surface area contributed by atoms with Crippen LogP contribution in [0, 0.1) is 0 Å². The smallest absolute Gasteiger partial charge is 0.249 e. The minimum absolute atomic E-state index is 0.0403. The quantitative estimate of drug-likeness (QED) is 0.906. The van der Waals surface area contributed by atoms with Crippen LogP contribution in [-0.4, -0.2) is 41.0 Å². The van der Waals surface area contributed by atoms with Crippen LogP contribution in [0.3, 0.4) is 0 Å². The average Bonchev–Trinajstić information content (AvgIpc) is 2.62. The fourth-order valence-corrected chi connectivity index (χ4v) is 3.45. The molecule has 1 aliphatic rings. The van der Waals surface area contributed by atoms with Gasteiger partial charge in [-0.25, -0.2) is 9.97 Å². The molecule has 1 amide bonds. The minimum atomic E-state index is -0.143. The van der Waals surface area contributed by atoms with E-state index in [9.17, 15) is 4.79 Å². The third-order valence-corrected chi connectivity index (χ3v) is 4.61. The Hall–Kier alpha value is -2.18. The van der Waals surface area contributed by atoms with E-state index in [2.05, 4.69) is 9.97 Å². The van der Waals surface area contributed by atoms with E-state index in [1.165, 1.54) is 7.11 Å². The lowest BCUT2D eigenvalue weighted by molar-refractivity contribution is -0.139. The summed E-state index contributed by atoms with van der Waals surface area (Å²) < 4.78 is 5.03. The molecule has 7 heteroatoms. The number of carbonyl (C=O) groups excluding carboxylic acids is 1. The third kappa shape index (κ3) is 3.91. The Labute approximate surface area is 152 Å². The number of hydrogen-bond acceptors (Lipinski definition) is 5. The number of carbonyl (C=O) groups is 1. The molecular weight excluding hydrogens is 340 g/mol. The SMILES string of the molecule is COCC(=O)N1CCCC[C@H]1c1nc(N)ncc1-c1cccc(Cl)c1. The highest BCUT2D eigenvalue weighted by Crippen LogP contribution is 2.36. The number of nitrogens with zero attached hydrogens (tertiary/aromatic N) is 3. The molecule has 0 radical (unpaired) electrons. The number of nitrogens with two attached hydrogens (primary N) is 1. The number of methoxy groups -OCH3 is 1. The molecule has 1 aliphatic heterocycles. The lowest BCUT2D eigenvalue weighted by Crippen LogP contribution is -2.41. The lowest BCUT2D eigenvalue weighted by Gasteiger charge is -2.36. The normalized spacial score (nSPS) is 17.5. The van der Waals surface area contributed by atoms with Crippen LogP contribution in [0.5, 0.6) is 0 Å². The van der Waals surface area contributed by atoms with Crippen LogP contribution >= 0.6 is 11.6 Å². The van der Waals surface area contributed by atoms with E-state index in [1.807, 2.05) is 29.2 Å². The Balaban J connectivity index is 2.05. The van der Waals surface area contributed by atoms with Crippen molar-refractivity contribution in [3.63, 3.8) is 0 Å². The van der Waals surface area contributed by atoms with E-state index in [4.69, 9.17) is 22.1 Å². The second kappa shape index (κ2) is 7.80. The molecule has 6 nitrogen and oxygen atoms in total. The third-order valence-electron chi connectivity index (χ3n) is 4.38. The highest BCUT2D eigenvalue weighted by molar-refractivity contribution is 6.30. The summed E-state index contributed by atoms with van der Waals surface area (Å²) in [6, 6.07) is 7.37. The van der Waals surface area contributed by atoms with Crippen LogP contribution in [0.15, 0.2) is 30.5 Å². The summed E-state index contributed by atoms with van der Waals surface area (Å²) in [4.78, 5) is 22.9. The van der Waals surface area contributed by atoms with Crippen LogP contribution < -0.4 is 5.73 Å². The summed E-state index contributed by atoms with van der Waals surface area (Å²) in [5, 5.41) is 0.635. The second-order valence-electron chi connectivity index (χ2n) is 6.07. The first-order valence-corrected chi connectivity index (χ1v) is 8.64. The van der Waals surface area contributed by atoms with Crippen molar-refractivity contribution in [1.82, 2.24) is 14.9 Å². The largest absolute Gasteiger partial charge is 0.375 e. The van der Waals surface area contributed by atoms with Gasteiger partial charge in [-0.2, -0.15) is 0 Å². The topological polar surface area (TPSA) is 81.3 Å². The number of amides is 1. The Kier molecular flexibility index (Phi) is 5.50. The lowest BCUT2D eigenvalue weighted by atomic mass is 9.94. The van der Waals surface area contributed by atoms with Gasteiger partial charge in [-0.3, -0.25) is 4.79 Å². The molecule has 1 aromatic heterocycles. The molecule has 0 aliphatic carbocycles. The summed E-state index contributed by atoms with van der Waals surface area (Å²) in [6.07, 6.45) is 4.54. The van der Waals surface area contributed by atoms with Crippen molar-refractivity contribution in [3.8, 4) is 11.1 Å². The van der Waals surface area contributed by atoms with E-state index in [0.717, 1.165) is 36.1 Å². The summed E-state index contributed by atoms with van der Waals surface area (Å²) in [5.74, 6) is 0.159. The Morgan fingerprint density at radius 2 is 2.28 bits per heavy atom. The van der Waals surface area contributed by atoms with Gasteiger partial charge in [0, 0.05) is 30.4 Å². The van der Waals surface area contributed by atoms with Crippen molar-refractivity contribution in [2.24, 2.45) is 0 Å². The van der Waals surface area contributed by atoms with Crippen molar-refractivity contribution >= 4 is 23.5 Å². The Morgan fingerprint density at radius 3 is 3.04 bits per heavy atom. The molecule has 0 saturated carbocycles. The van der Waals surface area contributed by atoms with Crippen molar-refractivity contribution in [1.29, 1.82) is 0 Å². The van der Waals surface area contributed by atoms with Crippen LogP contribution in [0.2, 0.25) is 5.02 Å². The van der Waals surface area contributed by atoms with Gasteiger partial charge in [0.15, 0.2) is 0 Å². The molecule has 0 unspecified atom stereocenters. The van der Waals surface area contributed by atoms with Gasteiger partial charge < -0.3 is 15.4 Å². The maximum atomic E-state index is 12.5. The molecule has 2 aromatic rings. The van der Waals surface area contributed by atoms with E-state index in [0.29, 0.717) is 11.6 Å². The monoisotopic (exact) mass is 360 g/mol. The highest BCUT2D eigenvalue weighted by Gasteiger charge is 2.31. The first kappa shape index (κ1) is 17.6. The number of anilines is 1. The van der Waals surface area contributed by atoms with Crippen LogP contribution in [0.4, 0.5) is 5.95 Å². The molecule has 3 rings (SSSR count). The van der Waals surface area contributed by atoms with Gasteiger partial charge >= 0.3 is 0 Å². The van der Waals surface area contributed by atoms with E-state index in [-0.39, 0.29) is 24.5 Å². The van der Waals surface area contributed by atoms with Crippen molar-refractivity contribution in [2.45, 2.75) is 25.3 Å². The van der Waals surface area contributed by atoms with Gasteiger partial charge in [0.05, 0.1) is 11.7 Å². The molecular formula is C18H21ClN4O2. The van der Waals surface area contributed by atoms with E-state index < -0.39 is 0 Å². The molecule has 1 saturated heterocycles. The molecule has 1 fully saturated rings. The molecule has 1 atom stereocenters. The number of hydrogen-bond donors (Lipinski definition) is 1. The highest BCUT2D eigenvalue weighted by atomic mass is 35.5. The average molecular weight is 361 g/mol. The van der Waals surface area contributed by atoms with E-state index >= 15 is 0 Å². The fourth-order valence-electron chi connectivity index (χ4n) is 3.26. The number of rotatable bonds is 4. The van der Waals surface area contributed by atoms with Crippen LogP contribution in [0.1, 0.15) is 31.0 Å². The predicted molar refractivity (Wildman–Crippen MR) is 97.1 cm³/mol. The van der Waals surface area contributed by atoms with Gasteiger partial charge in [-0.1, -0.05) is 23.7 Å². The van der Waals surface area contributed by atoms with Gasteiger partial charge in [-0.05, 0) is 37.0 Å². The van der Waals surface area contributed by atoms with Gasteiger partial charge in [0.2, 0.25) is 11.9 Å². The number of nitrogen functional groups attached to an aromatic ring is 1. The molecule has 132 valence electrons. The molecule has 2 N–H and O–H groups in total. The summed E-state index contributed by atoms with van der Waals surface area (Å²) in [7, 11) is 1.52. The Bertz CT molecular complexity index is 768. The number of halogens is 1. The summed E-state index contributed by atoms with van der Waals surface area (Å²) >= 11 is 6.14. The molecule has 2 heterocycles. The molecule has 0 bridgehead atoms. The summed E-state index contributed by atoms with van der Waals surface area (Å²) in [5.41, 5.74) is 8.36. The maximum Gasteiger partial charge on any atom is 0.249 e. The zero-order valence-electron chi connectivity index (χ0n) is 14.1. The fraction of sp³-hybridized carbons (Fsp3) is 0.389. The van der Waals surface area contributed by atoms with Crippen LogP contribution in [0.25, 0.3) is 11.1 Å².